The maximum absolute atomic E-state index is 9.08. The maximum Gasteiger partial charge on any atom is 0.227 e. The van der Waals surface area contributed by atoms with Crippen LogP contribution in [0, 0.1) is 20.8 Å². The Hall–Kier alpha value is -2.35. The number of aliphatic hydroxyl groups excluding tert-OH is 1. The fraction of sp³-hybridized carbons (Fsp3) is 0.350. The van der Waals surface area contributed by atoms with Gasteiger partial charge in [0, 0.05) is 29.9 Å². The first-order chi connectivity index (χ1) is 12.9. The van der Waals surface area contributed by atoms with Gasteiger partial charge < -0.3 is 10.4 Å². The van der Waals surface area contributed by atoms with Crippen molar-refractivity contribution >= 4 is 23.0 Å². The first-order valence-electron chi connectivity index (χ1n) is 8.89. The van der Waals surface area contributed by atoms with Crippen LogP contribution in [0.4, 0.5) is 11.6 Å². The van der Waals surface area contributed by atoms with Crippen molar-refractivity contribution in [2.45, 2.75) is 27.3 Å². The van der Waals surface area contributed by atoms with Gasteiger partial charge >= 0.3 is 0 Å². The van der Waals surface area contributed by atoms with E-state index in [0.29, 0.717) is 12.5 Å². The summed E-state index contributed by atoms with van der Waals surface area (Å²) in [5, 5.41) is 13.2. The summed E-state index contributed by atoms with van der Waals surface area (Å²) >= 11 is 1.63. The molecule has 0 amide bonds. The number of benzene rings is 1. The van der Waals surface area contributed by atoms with Crippen LogP contribution in [0.5, 0.6) is 0 Å². The second-order valence-electron chi connectivity index (χ2n) is 6.76. The van der Waals surface area contributed by atoms with Gasteiger partial charge in [0.2, 0.25) is 5.95 Å². The Kier molecular flexibility index (Phi) is 6.15. The molecule has 0 aliphatic carbocycles. The minimum Gasteiger partial charge on any atom is -0.395 e. The molecule has 0 bridgehead atoms. The van der Waals surface area contributed by atoms with E-state index in [4.69, 9.17) is 5.11 Å². The molecule has 2 aromatic heterocycles. The zero-order chi connectivity index (χ0) is 19.4. The Morgan fingerprint density at radius 3 is 2.56 bits per heavy atom. The molecule has 0 radical (unpaired) electrons. The molecule has 2 heterocycles. The molecule has 2 N–H and O–H groups in total. The fourth-order valence-corrected chi connectivity index (χ4v) is 4.01. The molecule has 0 fully saturated rings. The van der Waals surface area contributed by atoms with Gasteiger partial charge in [-0.2, -0.15) is 0 Å². The maximum atomic E-state index is 9.08. The van der Waals surface area contributed by atoms with Crippen molar-refractivity contribution in [2.24, 2.45) is 0 Å². The van der Waals surface area contributed by atoms with E-state index >= 15 is 0 Å². The summed E-state index contributed by atoms with van der Waals surface area (Å²) in [4.78, 5) is 16.9. The van der Waals surface area contributed by atoms with E-state index in [1.54, 1.807) is 17.5 Å². The molecule has 0 spiro atoms. The quantitative estimate of drug-likeness (QED) is 0.648. The van der Waals surface area contributed by atoms with Gasteiger partial charge in [0.25, 0.3) is 0 Å². The van der Waals surface area contributed by atoms with E-state index in [1.807, 2.05) is 20.0 Å². The number of thiazole rings is 1. The highest BCUT2D eigenvalue weighted by atomic mass is 32.1. The van der Waals surface area contributed by atoms with Crippen molar-refractivity contribution in [3.8, 4) is 10.7 Å². The van der Waals surface area contributed by atoms with Crippen LogP contribution in [0.2, 0.25) is 0 Å². The number of likely N-dealkylation sites (N-methyl/N-ethyl adjacent to an activating group) is 1. The number of nitrogens with one attached hydrogen (secondary N) is 1. The second kappa shape index (κ2) is 8.56. The molecule has 0 atom stereocenters. The number of nitrogens with zero attached hydrogens (tertiary/aromatic N) is 4. The average Bonchev–Trinajstić information content (AvgIpc) is 2.95. The van der Waals surface area contributed by atoms with Crippen LogP contribution in [0.15, 0.2) is 30.5 Å². The Bertz CT molecular complexity index is 904. The van der Waals surface area contributed by atoms with Gasteiger partial charge in [-0.1, -0.05) is 6.07 Å². The van der Waals surface area contributed by atoms with Crippen molar-refractivity contribution in [2.75, 3.05) is 25.5 Å². The van der Waals surface area contributed by atoms with Gasteiger partial charge in [-0.05, 0) is 57.1 Å². The normalized spacial score (nSPS) is 11.2. The summed E-state index contributed by atoms with van der Waals surface area (Å²) in [5.74, 6) is 0.560. The number of hydrogen-bond donors (Lipinski definition) is 2. The molecule has 6 nitrogen and oxygen atoms in total. The van der Waals surface area contributed by atoms with Crippen molar-refractivity contribution < 1.29 is 5.11 Å². The van der Waals surface area contributed by atoms with E-state index in [2.05, 4.69) is 57.2 Å². The van der Waals surface area contributed by atoms with Crippen molar-refractivity contribution in [1.29, 1.82) is 0 Å². The van der Waals surface area contributed by atoms with E-state index in [-0.39, 0.29) is 6.61 Å². The van der Waals surface area contributed by atoms with Crippen LogP contribution in [0.3, 0.4) is 0 Å². The van der Waals surface area contributed by atoms with Crippen LogP contribution in [0.1, 0.15) is 21.7 Å². The lowest BCUT2D eigenvalue weighted by Crippen LogP contribution is -2.21. The molecule has 0 aliphatic heterocycles. The number of aromatic nitrogens is 3. The number of anilines is 2. The zero-order valence-electron chi connectivity index (χ0n) is 16.2. The van der Waals surface area contributed by atoms with Gasteiger partial charge in [-0.15, -0.1) is 11.3 Å². The third kappa shape index (κ3) is 5.09. The number of aliphatic hydroxyl groups is 1. The van der Waals surface area contributed by atoms with Crippen LogP contribution in [-0.2, 0) is 6.54 Å². The lowest BCUT2D eigenvalue weighted by molar-refractivity contribution is 0.218. The number of hydrogen-bond acceptors (Lipinski definition) is 7. The van der Waals surface area contributed by atoms with Gasteiger partial charge in [0.1, 0.15) is 10.7 Å². The lowest BCUT2D eigenvalue weighted by atomic mass is 10.1. The highest BCUT2D eigenvalue weighted by Gasteiger charge is 2.13. The Morgan fingerprint density at radius 1 is 1.11 bits per heavy atom. The van der Waals surface area contributed by atoms with Gasteiger partial charge in [0.15, 0.2) is 0 Å². The summed E-state index contributed by atoms with van der Waals surface area (Å²) in [5.41, 5.74) is 5.18. The van der Waals surface area contributed by atoms with Crippen molar-refractivity contribution in [3.63, 3.8) is 0 Å². The lowest BCUT2D eigenvalue weighted by Gasteiger charge is -2.13. The third-order valence-electron chi connectivity index (χ3n) is 4.14. The Labute approximate surface area is 164 Å². The summed E-state index contributed by atoms with van der Waals surface area (Å²) < 4.78 is 0. The summed E-state index contributed by atoms with van der Waals surface area (Å²) in [6.07, 6.45) is 1.75. The third-order valence-corrected chi connectivity index (χ3v) is 5.31. The molecule has 3 rings (SSSR count). The predicted octanol–water partition coefficient (Wildman–Crippen LogP) is 3.69. The van der Waals surface area contributed by atoms with Crippen LogP contribution in [-0.4, -0.2) is 45.2 Å². The first kappa shape index (κ1) is 19.4. The van der Waals surface area contributed by atoms with Crippen LogP contribution >= 0.6 is 11.3 Å². The van der Waals surface area contributed by atoms with Crippen molar-refractivity contribution in [3.05, 3.63) is 52.2 Å². The van der Waals surface area contributed by atoms with Crippen molar-refractivity contribution in [1.82, 2.24) is 19.9 Å². The fourth-order valence-electron chi connectivity index (χ4n) is 2.89. The molecule has 0 saturated carbocycles. The van der Waals surface area contributed by atoms with E-state index in [1.165, 1.54) is 16.0 Å². The SMILES string of the molecule is Cc1cc(C)cc(Nc2nccc(-c3nc(C)c(CN(C)CCO)s3)n2)c1. The number of aryl methyl sites for hydroxylation is 3. The summed E-state index contributed by atoms with van der Waals surface area (Å²) in [7, 11) is 1.99. The predicted molar refractivity (Wildman–Crippen MR) is 110 cm³/mol. The highest BCUT2D eigenvalue weighted by Crippen LogP contribution is 2.28. The molecule has 3 aromatic rings. The van der Waals surface area contributed by atoms with Crippen LogP contribution in [0.25, 0.3) is 10.7 Å². The summed E-state index contributed by atoms with van der Waals surface area (Å²) in [6, 6.07) is 8.17. The molecule has 0 aliphatic rings. The zero-order valence-corrected chi connectivity index (χ0v) is 17.0. The Balaban J connectivity index is 1.81. The average molecular weight is 384 g/mol. The minimum absolute atomic E-state index is 0.153. The van der Waals surface area contributed by atoms with Gasteiger partial charge in [-0.3, -0.25) is 4.90 Å². The topological polar surface area (TPSA) is 74.2 Å². The van der Waals surface area contributed by atoms with Gasteiger partial charge in [-0.25, -0.2) is 15.0 Å². The summed E-state index contributed by atoms with van der Waals surface area (Å²) in [6.45, 7) is 7.72. The smallest absolute Gasteiger partial charge is 0.227 e. The molecular weight excluding hydrogens is 358 g/mol. The number of rotatable bonds is 7. The minimum atomic E-state index is 0.153. The van der Waals surface area contributed by atoms with E-state index < -0.39 is 0 Å². The molecule has 7 heteroatoms. The molecule has 142 valence electrons. The van der Waals surface area contributed by atoms with E-state index in [9.17, 15) is 0 Å². The van der Waals surface area contributed by atoms with Crippen LogP contribution < -0.4 is 5.32 Å². The Morgan fingerprint density at radius 2 is 1.85 bits per heavy atom. The molecule has 27 heavy (non-hydrogen) atoms. The van der Waals surface area contributed by atoms with E-state index in [0.717, 1.165) is 28.6 Å². The highest BCUT2D eigenvalue weighted by molar-refractivity contribution is 7.15. The largest absolute Gasteiger partial charge is 0.395 e. The second-order valence-corrected chi connectivity index (χ2v) is 7.84. The molecular formula is C20H25N5OS. The molecule has 1 aromatic carbocycles. The van der Waals surface area contributed by atoms with Gasteiger partial charge in [0.05, 0.1) is 12.3 Å². The first-order valence-corrected chi connectivity index (χ1v) is 9.70. The molecule has 0 unspecified atom stereocenters. The standard InChI is InChI=1S/C20H25N5OS/c1-13-9-14(2)11-16(10-13)23-20-21-6-5-17(24-20)19-22-15(3)18(27-19)12-25(4)7-8-26/h5-6,9-11,26H,7-8,12H2,1-4H3,(H,21,23,24). The molecule has 0 saturated heterocycles. The monoisotopic (exact) mass is 383 g/mol.